The van der Waals surface area contributed by atoms with Crippen LogP contribution in [0.5, 0.6) is 0 Å². The van der Waals surface area contributed by atoms with Crippen molar-refractivity contribution < 1.29 is 9.13 Å². The van der Waals surface area contributed by atoms with Gasteiger partial charge >= 0.3 is 5.69 Å². The molecule has 0 fully saturated rings. The molecule has 248 valence electrons. The summed E-state index contributed by atoms with van der Waals surface area (Å²) in [6, 6.07) is 13.6. The van der Waals surface area contributed by atoms with E-state index in [1.165, 1.54) is 10.1 Å². The molecular weight excluding hydrogens is 605 g/mol. The molecule has 2 aromatic carbocycles. The highest BCUT2D eigenvalue weighted by Crippen LogP contribution is 2.32. The van der Waals surface area contributed by atoms with Crippen LogP contribution in [0.4, 0.5) is 4.39 Å². The number of H-pyrrole nitrogens is 1. The molecule has 0 radical (unpaired) electrons. The molecule has 0 amide bonds. The number of aryl methyl sites for hydroxylation is 1. The summed E-state index contributed by atoms with van der Waals surface area (Å²) < 4.78 is 22.1. The van der Waals surface area contributed by atoms with Gasteiger partial charge in [0.15, 0.2) is 5.82 Å². The fraction of sp³-hybridized carbons (Fsp3) is 0.457. The first-order valence-electron chi connectivity index (χ1n) is 16.1. The van der Waals surface area contributed by atoms with Crippen molar-refractivity contribution >= 4 is 28.5 Å². The summed E-state index contributed by atoms with van der Waals surface area (Å²) in [7, 11) is 1.72. The Morgan fingerprint density at radius 2 is 1.93 bits per heavy atom. The number of ether oxygens (including phenoxy) is 1. The van der Waals surface area contributed by atoms with Gasteiger partial charge < -0.3 is 21.2 Å². The number of aromatic nitrogens is 3. The van der Waals surface area contributed by atoms with Gasteiger partial charge in [-0.1, -0.05) is 37.1 Å². The molecule has 0 aliphatic heterocycles. The van der Waals surface area contributed by atoms with Crippen LogP contribution in [0.1, 0.15) is 70.0 Å². The van der Waals surface area contributed by atoms with Gasteiger partial charge in [0.25, 0.3) is 0 Å². The van der Waals surface area contributed by atoms with E-state index in [0.717, 1.165) is 57.2 Å². The number of nitrogens with zero attached hydrogens (tertiary/aromatic N) is 4. The van der Waals surface area contributed by atoms with Crippen molar-refractivity contribution in [3.63, 3.8) is 0 Å². The number of amidine groups is 1. The molecule has 0 spiro atoms. The largest absolute Gasteiger partial charge is 0.388 e. The second-order valence-electron chi connectivity index (χ2n) is 12.0. The highest BCUT2D eigenvalue weighted by molar-refractivity contribution is 6.31. The van der Waals surface area contributed by atoms with Gasteiger partial charge in [-0.05, 0) is 87.4 Å². The first kappa shape index (κ1) is 35.3. The average Bonchev–Trinajstić information content (AvgIpc) is 3.43. The van der Waals surface area contributed by atoms with Crippen LogP contribution in [-0.4, -0.2) is 64.7 Å². The molecule has 4 aromatic rings. The van der Waals surface area contributed by atoms with Gasteiger partial charge in [-0.2, -0.15) is 4.98 Å². The first-order chi connectivity index (χ1) is 22.1. The van der Waals surface area contributed by atoms with E-state index < -0.39 is 11.5 Å². The van der Waals surface area contributed by atoms with E-state index in [2.05, 4.69) is 38.9 Å². The molecule has 0 aliphatic carbocycles. The lowest BCUT2D eigenvalue weighted by molar-refractivity contribution is 0.114. The zero-order valence-corrected chi connectivity index (χ0v) is 28.1. The van der Waals surface area contributed by atoms with Crippen LogP contribution in [0.15, 0.2) is 58.4 Å². The third-order valence-electron chi connectivity index (χ3n) is 8.12. The van der Waals surface area contributed by atoms with E-state index in [-0.39, 0.29) is 17.1 Å². The number of methoxy groups -OCH3 is 1. The summed E-state index contributed by atoms with van der Waals surface area (Å²) in [5.41, 5.74) is 15.2. The van der Waals surface area contributed by atoms with Gasteiger partial charge in [0.2, 0.25) is 0 Å². The molecule has 0 saturated heterocycles. The number of benzene rings is 2. The number of rotatable bonds is 17. The van der Waals surface area contributed by atoms with Crippen LogP contribution in [0.3, 0.4) is 0 Å². The predicted molar refractivity (Wildman–Crippen MR) is 187 cm³/mol. The summed E-state index contributed by atoms with van der Waals surface area (Å²) in [6.07, 6.45) is 7.11. The fourth-order valence-corrected chi connectivity index (χ4v) is 6.03. The van der Waals surface area contributed by atoms with Crippen molar-refractivity contribution in [2.24, 2.45) is 16.5 Å². The van der Waals surface area contributed by atoms with Gasteiger partial charge in [0.05, 0.1) is 28.8 Å². The second kappa shape index (κ2) is 16.8. The molecule has 2 atom stereocenters. The summed E-state index contributed by atoms with van der Waals surface area (Å²) in [5.74, 6) is 0.0795. The molecule has 2 unspecified atom stereocenters. The van der Waals surface area contributed by atoms with Crippen LogP contribution in [0.25, 0.3) is 28.0 Å². The minimum Gasteiger partial charge on any atom is -0.388 e. The number of hydrogen-bond acceptors (Lipinski definition) is 6. The van der Waals surface area contributed by atoms with E-state index in [9.17, 15) is 4.79 Å². The Labute approximate surface area is 275 Å². The first-order valence-corrected chi connectivity index (χ1v) is 16.4. The third kappa shape index (κ3) is 9.25. The van der Waals surface area contributed by atoms with Gasteiger partial charge in [-0.25, -0.2) is 9.18 Å². The number of nitrogens with two attached hydrogens (primary N) is 2. The van der Waals surface area contributed by atoms with Crippen LogP contribution in [0, 0.1) is 5.82 Å². The normalized spacial score (nSPS) is 13.5. The lowest BCUT2D eigenvalue weighted by Crippen LogP contribution is -2.33. The lowest BCUT2D eigenvalue weighted by Gasteiger charge is -2.32. The van der Waals surface area contributed by atoms with E-state index in [4.69, 9.17) is 27.8 Å². The molecule has 11 heteroatoms. The van der Waals surface area contributed by atoms with Crippen molar-refractivity contribution in [1.29, 1.82) is 0 Å². The Morgan fingerprint density at radius 1 is 1.17 bits per heavy atom. The SMILES string of the molecule is CCCC(c1ccc(-n2cc3cc(-c4cc(CCCC(C)N)cc(Cl)c4F)[nH]c3nc2=O)cc1)N(CCCN=C(C)N)CCOC. The molecule has 46 heavy (non-hydrogen) atoms. The minimum atomic E-state index is -0.515. The Kier molecular flexibility index (Phi) is 12.9. The van der Waals surface area contributed by atoms with E-state index in [0.29, 0.717) is 47.0 Å². The molecule has 0 aliphatic rings. The van der Waals surface area contributed by atoms with Crippen molar-refractivity contribution in [1.82, 2.24) is 19.4 Å². The summed E-state index contributed by atoms with van der Waals surface area (Å²) >= 11 is 6.28. The zero-order chi connectivity index (χ0) is 33.2. The predicted octanol–water partition coefficient (Wildman–Crippen LogP) is 6.40. The minimum absolute atomic E-state index is 0.0564. The van der Waals surface area contributed by atoms with Gasteiger partial charge in [0, 0.05) is 56.0 Å². The van der Waals surface area contributed by atoms with E-state index >= 15 is 4.39 Å². The fourth-order valence-electron chi connectivity index (χ4n) is 5.79. The van der Waals surface area contributed by atoms with Crippen molar-refractivity contribution in [2.45, 2.75) is 71.4 Å². The maximum absolute atomic E-state index is 15.2. The van der Waals surface area contributed by atoms with Crippen LogP contribution < -0.4 is 17.2 Å². The number of halogens is 2. The van der Waals surface area contributed by atoms with Crippen molar-refractivity contribution in [3.05, 3.63) is 81.1 Å². The monoisotopic (exact) mass is 651 g/mol. The molecule has 2 aromatic heterocycles. The number of fused-ring (bicyclic) bond motifs is 1. The number of hydrogen-bond donors (Lipinski definition) is 3. The van der Waals surface area contributed by atoms with Crippen LogP contribution in [-0.2, 0) is 11.2 Å². The quantitative estimate of drug-likeness (QED) is 0.0689. The molecule has 0 bridgehead atoms. The molecular formula is C35H47ClFN7O2. The lowest BCUT2D eigenvalue weighted by atomic mass is 9.99. The maximum Gasteiger partial charge on any atom is 0.354 e. The summed E-state index contributed by atoms with van der Waals surface area (Å²) in [4.78, 5) is 27.3. The maximum atomic E-state index is 15.2. The molecule has 2 heterocycles. The Hall–Kier alpha value is -3.57. The highest BCUT2D eigenvalue weighted by Gasteiger charge is 2.20. The Bertz CT molecular complexity index is 1660. The number of aliphatic imine (C=N–C) groups is 1. The average molecular weight is 652 g/mol. The molecule has 4 rings (SSSR count). The highest BCUT2D eigenvalue weighted by atomic mass is 35.5. The Balaban J connectivity index is 1.60. The van der Waals surface area contributed by atoms with Gasteiger partial charge in [-0.3, -0.25) is 14.5 Å². The van der Waals surface area contributed by atoms with Crippen LogP contribution in [0.2, 0.25) is 5.02 Å². The van der Waals surface area contributed by atoms with Crippen molar-refractivity contribution in [2.75, 3.05) is 33.4 Å². The topological polar surface area (TPSA) is 128 Å². The van der Waals surface area contributed by atoms with Crippen LogP contribution >= 0.6 is 11.6 Å². The smallest absolute Gasteiger partial charge is 0.354 e. The third-order valence-corrected chi connectivity index (χ3v) is 8.39. The second-order valence-corrected chi connectivity index (χ2v) is 12.4. The molecule has 0 saturated carbocycles. The van der Waals surface area contributed by atoms with Gasteiger partial charge in [0.1, 0.15) is 5.65 Å². The summed E-state index contributed by atoms with van der Waals surface area (Å²) in [6.45, 7) is 8.93. The summed E-state index contributed by atoms with van der Waals surface area (Å²) in [5, 5.41) is 0.738. The number of aromatic amines is 1. The van der Waals surface area contributed by atoms with E-state index in [1.54, 1.807) is 38.4 Å². The van der Waals surface area contributed by atoms with E-state index in [1.807, 2.05) is 19.1 Å². The molecule has 5 N–H and O–H groups in total. The molecule has 9 nitrogen and oxygen atoms in total. The van der Waals surface area contributed by atoms with Gasteiger partial charge in [-0.15, -0.1) is 0 Å². The zero-order valence-electron chi connectivity index (χ0n) is 27.4. The standard InChI is InChI=1S/C35H47ClFN7O2/c1-5-8-32(43(17-18-46-4)16-7-15-40-24(3)39)26-11-13-28(14-12-26)44-22-27-21-31(41-34(27)42-35(44)45)29-19-25(10-6-9-23(2)38)20-30(36)33(29)37/h11-14,19-23,32H,5-10,15-18,38H2,1-4H3,(H2,39,40)(H,41,42,45). The number of nitrogens with one attached hydrogen (secondary N) is 1. The Morgan fingerprint density at radius 3 is 2.61 bits per heavy atom. The van der Waals surface area contributed by atoms with Crippen molar-refractivity contribution in [3.8, 4) is 16.9 Å².